The third-order valence-electron chi connectivity index (χ3n) is 2.32. The molecule has 10 heavy (non-hydrogen) atoms. The molecule has 0 aliphatic heterocycles. The predicted molar refractivity (Wildman–Crippen MR) is 31.7 cm³/mol. The molecule has 4 heteroatoms. The topological polar surface area (TPSA) is 55.3 Å². The molecule has 0 spiro atoms. The number of quaternary nitrogens is 2. The molecule has 1 saturated carbocycles. The predicted octanol–water partition coefficient (Wildman–Crippen LogP) is -7.50. The van der Waals surface area contributed by atoms with Gasteiger partial charge in [0, 0.05) is 11.8 Å². The van der Waals surface area contributed by atoms with Crippen molar-refractivity contribution >= 4 is 0 Å². The van der Waals surface area contributed by atoms with E-state index < -0.39 is 0 Å². The monoisotopic (exact) mass is 186 g/mol. The Morgan fingerprint density at radius 3 is 1.30 bits per heavy atom. The van der Waals surface area contributed by atoms with E-state index in [4.69, 9.17) is 0 Å². The lowest BCUT2D eigenvalue weighted by atomic mass is 9.74. The number of hydrogen-bond acceptors (Lipinski definition) is 0. The highest BCUT2D eigenvalue weighted by atomic mass is 35.5. The summed E-state index contributed by atoms with van der Waals surface area (Å²) in [4.78, 5) is 0. The van der Waals surface area contributed by atoms with Crippen molar-refractivity contribution in [1.82, 2.24) is 0 Å². The molecule has 2 nitrogen and oxygen atoms in total. The first-order valence-corrected chi connectivity index (χ1v) is 3.47. The maximum Gasteiger partial charge on any atom is 0.0773 e. The van der Waals surface area contributed by atoms with E-state index in [0.29, 0.717) is 0 Å². The zero-order valence-electron chi connectivity index (χ0n) is 6.15. The quantitative estimate of drug-likeness (QED) is 0.431. The number of halogens is 2. The lowest BCUT2D eigenvalue weighted by Gasteiger charge is -2.31. The molecule has 0 aromatic heterocycles. The van der Waals surface area contributed by atoms with Crippen LogP contribution in [-0.2, 0) is 0 Å². The third kappa shape index (κ3) is 2.62. The van der Waals surface area contributed by atoms with Gasteiger partial charge in [0.2, 0.25) is 0 Å². The Balaban J connectivity index is 0. The molecule has 1 aliphatic carbocycles. The lowest BCUT2D eigenvalue weighted by molar-refractivity contribution is -0.414. The first-order valence-electron chi connectivity index (χ1n) is 3.47. The molecular formula is C6H16Cl2N2. The van der Waals surface area contributed by atoms with Crippen LogP contribution in [0.15, 0.2) is 0 Å². The Morgan fingerprint density at radius 1 is 0.900 bits per heavy atom. The van der Waals surface area contributed by atoms with Crippen LogP contribution in [0.4, 0.5) is 0 Å². The Morgan fingerprint density at radius 2 is 1.20 bits per heavy atom. The van der Waals surface area contributed by atoms with Gasteiger partial charge in [-0.15, -0.1) is 0 Å². The maximum absolute atomic E-state index is 3.88. The van der Waals surface area contributed by atoms with Crippen molar-refractivity contribution in [2.45, 2.75) is 12.8 Å². The van der Waals surface area contributed by atoms with E-state index in [1.165, 1.54) is 12.8 Å². The summed E-state index contributed by atoms with van der Waals surface area (Å²) >= 11 is 0. The van der Waals surface area contributed by atoms with Gasteiger partial charge in [-0.2, -0.15) is 0 Å². The summed E-state index contributed by atoms with van der Waals surface area (Å²) in [6.07, 6.45) is 2.81. The molecule has 1 aliphatic rings. The zero-order chi connectivity index (χ0) is 5.98. The van der Waals surface area contributed by atoms with Crippen LogP contribution < -0.4 is 36.3 Å². The minimum atomic E-state index is 0. The average molecular weight is 187 g/mol. The molecule has 0 saturated heterocycles. The van der Waals surface area contributed by atoms with Crippen molar-refractivity contribution < 1.29 is 36.3 Å². The van der Waals surface area contributed by atoms with Crippen LogP contribution in [-0.4, -0.2) is 13.1 Å². The maximum atomic E-state index is 3.88. The fourth-order valence-corrected chi connectivity index (χ4v) is 1.40. The molecule has 2 atom stereocenters. The highest BCUT2D eigenvalue weighted by molar-refractivity contribution is 4.78. The Kier molecular flexibility index (Phi) is 8.17. The van der Waals surface area contributed by atoms with Crippen LogP contribution >= 0.6 is 0 Å². The van der Waals surface area contributed by atoms with Gasteiger partial charge >= 0.3 is 0 Å². The van der Waals surface area contributed by atoms with Crippen molar-refractivity contribution in [3.63, 3.8) is 0 Å². The van der Waals surface area contributed by atoms with Crippen LogP contribution in [0.1, 0.15) is 12.8 Å². The number of hydrogen-bond donors (Lipinski definition) is 2. The molecule has 0 amide bonds. The van der Waals surface area contributed by atoms with Gasteiger partial charge in [-0.25, -0.2) is 0 Å². The minimum absolute atomic E-state index is 0. The third-order valence-corrected chi connectivity index (χ3v) is 2.32. The van der Waals surface area contributed by atoms with E-state index >= 15 is 0 Å². The molecule has 0 bridgehead atoms. The van der Waals surface area contributed by atoms with Gasteiger partial charge in [0.05, 0.1) is 13.1 Å². The fourth-order valence-electron chi connectivity index (χ4n) is 1.40. The van der Waals surface area contributed by atoms with E-state index in [2.05, 4.69) is 11.5 Å². The SMILES string of the molecule is [Cl-].[Cl-].[NH3+]CC1CCC1C[NH3+]. The second kappa shape index (κ2) is 6.23. The summed E-state index contributed by atoms with van der Waals surface area (Å²) in [6.45, 7) is 2.25. The van der Waals surface area contributed by atoms with Crippen molar-refractivity contribution in [2.24, 2.45) is 11.8 Å². The van der Waals surface area contributed by atoms with Gasteiger partial charge in [-0.05, 0) is 12.8 Å². The van der Waals surface area contributed by atoms with Gasteiger partial charge in [0.1, 0.15) is 0 Å². The molecule has 0 aromatic rings. The van der Waals surface area contributed by atoms with Crippen molar-refractivity contribution in [1.29, 1.82) is 0 Å². The second-order valence-electron chi connectivity index (χ2n) is 2.67. The van der Waals surface area contributed by atoms with E-state index in [1.807, 2.05) is 0 Å². The Labute approximate surface area is 74.5 Å². The largest absolute Gasteiger partial charge is 1.00 e. The molecular weight excluding hydrogens is 171 g/mol. The second-order valence-corrected chi connectivity index (χ2v) is 2.67. The van der Waals surface area contributed by atoms with Crippen LogP contribution in [0.2, 0.25) is 0 Å². The highest BCUT2D eigenvalue weighted by Gasteiger charge is 2.30. The normalized spacial score (nSPS) is 29.4. The number of rotatable bonds is 2. The molecule has 1 fully saturated rings. The first kappa shape index (κ1) is 13.1. The van der Waals surface area contributed by atoms with Gasteiger partial charge in [-0.1, -0.05) is 0 Å². The van der Waals surface area contributed by atoms with Crippen molar-refractivity contribution in [3.05, 3.63) is 0 Å². The summed E-state index contributed by atoms with van der Waals surface area (Å²) in [7, 11) is 0. The smallest absolute Gasteiger partial charge is 0.0773 e. The molecule has 6 N–H and O–H groups in total. The van der Waals surface area contributed by atoms with E-state index in [1.54, 1.807) is 0 Å². The summed E-state index contributed by atoms with van der Waals surface area (Å²) in [5, 5.41) is 0. The lowest BCUT2D eigenvalue weighted by Crippen LogP contribution is -3.00. The molecule has 2 unspecified atom stereocenters. The van der Waals surface area contributed by atoms with Crippen molar-refractivity contribution in [3.8, 4) is 0 Å². The molecule has 64 valence electrons. The average Bonchev–Trinajstić information content (AvgIpc) is 1.66. The van der Waals surface area contributed by atoms with Crippen molar-refractivity contribution in [2.75, 3.05) is 13.1 Å². The molecule has 0 heterocycles. The van der Waals surface area contributed by atoms with E-state index in [9.17, 15) is 0 Å². The van der Waals surface area contributed by atoms with E-state index in [-0.39, 0.29) is 24.8 Å². The fraction of sp³-hybridized carbons (Fsp3) is 1.00. The molecule has 0 radical (unpaired) electrons. The van der Waals surface area contributed by atoms with Gasteiger partial charge in [-0.3, -0.25) is 0 Å². The van der Waals surface area contributed by atoms with Crippen LogP contribution in [0.3, 0.4) is 0 Å². The summed E-state index contributed by atoms with van der Waals surface area (Å²) in [5.74, 6) is 1.85. The van der Waals surface area contributed by atoms with E-state index in [0.717, 1.165) is 24.9 Å². The minimum Gasteiger partial charge on any atom is -1.00 e. The summed E-state index contributed by atoms with van der Waals surface area (Å²) in [5.41, 5.74) is 7.76. The Hall–Kier alpha value is 0.500. The molecule has 0 aromatic carbocycles. The molecule has 1 rings (SSSR count). The van der Waals surface area contributed by atoms with Gasteiger partial charge in [0.25, 0.3) is 0 Å². The summed E-state index contributed by atoms with van der Waals surface area (Å²) in [6, 6.07) is 0. The first-order chi connectivity index (χ1) is 3.88. The summed E-state index contributed by atoms with van der Waals surface area (Å²) < 4.78 is 0. The van der Waals surface area contributed by atoms with Crippen LogP contribution in [0.25, 0.3) is 0 Å². The zero-order valence-corrected chi connectivity index (χ0v) is 7.67. The van der Waals surface area contributed by atoms with Gasteiger partial charge < -0.3 is 36.3 Å². The van der Waals surface area contributed by atoms with Crippen LogP contribution in [0, 0.1) is 11.8 Å². The Bertz CT molecular complexity index is 66.1. The van der Waals surface area contributed by atoms with Gasteiger partial charge in [0.15, 0.2) is 0 Å². The highest BCUT2D eigenvalue weighted by Crippen LogP contribution is 2.31. The standard InChI is InChI=1S/C6H14N2.2ClH/c7-3-5-1-2-6(5)4-8;;/h5-6H,1-4,7-8H2;2*1H. The van der Waals surface area contributed by atoms with Crippen LogP contribution in [0.5, 0.6) is 0 Å².